The lowest BCUT2D eigenvalue weighted by molar-refractivity contribution is 0.0340. The zero-order valence-corrected chi connectivity index (χ0v) is 14.7. The van der Waals surface area contributed by atoms with Gasteiger partial charge in [0.2, 0.25) is 0 Å². The smallest absolute Gasteiger partial charge is 0.415 e. The first kappa shape index (κ1) is 15.6. The Bertz CT molecular complexity index is 960. The average Bonchev–Trinajstić information content (AvgIpc) is 2.96. The Morgan fingerprint density at radius 1 is 1.28 bits per heavy atom. The number of nitrogens with one attached hydrogen (secondary N) is 1. The molecule has 1 amide bonds. The van der Waals surface area contributed by atoms with Gasteiger partial charge in [-0.05, 0) is 52.0 Å². The Morgan fingerprint density at radius 3 is 2.76 bits per heavy atom. The van der Waals surface area contributed by atoms with Crippen molar-refractivity contribution >= 4 is 22.8 Å². The van der Waals surface area contributed by atoms with Crippen LogP contribution in [0.4, 0.5) is 10.5 Å². The summed E-state index contributed by atoms with van der Waals surface area (Å²) < 4.78 is 5.66. The Hall–Kier alpha value is -2.89. The van der Waals surface area contributed by atoms with Gasteiger partial charge in [0.15, 0.2) is 0 Å². The van der Waals surface area contributed by atoms with Gasteiger partial charge in [0, 0.05) is 29.6 Å². The van der Waals surface area contributed by atoms with Gasteiger partial charge in [-0.2, -0.15) is 0 Å². The summed E-state index contributed by atoms with van der Waals surface area (Å²) in [7, 11) is 0. The van der Waals surface area contributed by atoms with Gasteiger partial charge in [-0.3, -0.25) is 9.88 Å². The molecule has 0 fully saturated rings. The third kappa shape index (κ3) is 2.45. The Kier molecular flexibility index (Phi) is 3.32. The van der Waals surface area contributed by atoms with E-state index in [1.807, 2.05) is 52.0 Å². The van der Waals surface area contributed by atoms with Crippen LogP contribution < -0.4 is 4.90 Å². The van der Waals surface area contributed by atoms with Gasteiger partial charge in [-0.1, -0.05) is 0 Å². The highest BCUT2D eigenvalue weighted by atomic mass is 16.6. The van der Waals surface area contributed by atoms with Gasteiger partial charge in [0.05, 0.1) is 16.7 Å². The second kappa shape index (κ2) is 5.31. The van der Waals surface area contributed by atoms with E-state index in [0.29, 0.717) is 0 Å². The summed E-state index contributed by atoms with van der Waals surface area (Å²) in [5.41, 5.74) is 3.78. The molecule has 0 radical (unpaired) electrons. The Balaban J connectivity index is 1.93. The molecule has 0 saturated carbocycles. The first-order valence-electron chi connectivity index (χ1n) is 8.33. The molecule has 25 heavy (non-hydrogen) atoms. The van der Waals surface area contributed by atoms with Crippen molar-refractivity contribution in [1.29, 1.82) is 0 Å². The number of fused-ring (bicyclic) bond motifs is 2. The number of pyridine rings is 1. The van der Waals surface area contributed by atoms with E-state index in [1.54, 1.807) is 17.3 Å². The summed E-state index contributed by atoms with van der Waals surface area (Å²) in [6, 6.07) is 7.82. The molecule has 6 heteroatoms. The van der Waals surface area contributed by atoms with Gasteiger partial charge in [-0.15, -0.1) is 0 Å². The second-order valence-corrected chi connectivity index (χ2v) is 7.06. The number of carbonyl (C=O) groups is 1. The third-order valence-corrected chi connectivity index (χ3v) is 4.50. The van der Waals surface area contributed by atoms with E-state index in [9.17, 15) is 4.79 Å². The van der Waals surface area contributed by atoms with Crippen LogP contribution in [0.15, 0.2) is 36.7 Å². The number of hydrogen-bond donors (Lipinski definition) is 1. The van der Waals surface area contributed by atoms with Crippen LogP contribution >= 0.6 is 0 Å². The number of imidazole rings is 1. The number of anilines is 1. The first-order chi connectivity index (χ1) is 11.9. The molecule has 0 saturated heterocycles. The number of rotatable bonds is 2. The average molecular weight is 336 g/mol. The topological polar surface area (TPSA) is 71.1 Å². The van der Waals surface area contributed by atoms with E-state index in [-0.39, 0.29) is 12.1 Å². The molecule has 4 rings (SSSR count). The fraction of sp³-hybridized carbons (Fsp3) is 0.316. The molecule has 3 heterocycles. The van der Waals surface area contributed by atoms with E-state index in [1.165, 1.54) is 0 Å². The highest BCUT2D eigenvalue weighted by molar-refractivity contribution is 5.96. The van der Waals surface area contributed by atoms with Crippen LogP contribution in [0.1, 0.15) is 33.3 Å². The van der Waals surface area contributed by atoms with E-state index in [2.05, 4.69) is 15.0 Å². The number of aromatic nitrogens is 3. The van der Waals surface area contributed by atoms with Crippen LogP contribution in [0.2, 0.25) is 0 Å². The van der Waals surface area contributed by atoms with Gasteiger partial charge in [0.1, 0.15) is 11.4 Å². The van der Waals surface area contributed by atoms with Crippen LogP contribution in [0.5, 0.6) is 0 Å². The molecule has 1 aliphatic heterocycles. The molecule has 1 N–H and O–H groups in total. The maximum Gasteiger partial charge on any atom is 0.415 e. The number of aromatic amines is 1. The molecule has 0 spiro atoms. The van der Waals surface area contributed by atoms with Crippen molar-refractivity contribution < 1.29 is 9.53 Å². The molecule has 1 aromatic carbocycles. The van der Waals surface area contributed by atoms with Crippen molar-refractivity contribution in [3.8, 4) is 11.4 Å². The quantitative estimate of drug-likeness (QED) is 0.760. The molecule has 0 bridgehead atoms. The highest BCUT2D eigenvalue weighted by Gasteiger charge is 2.39. The van der Waals surface area contributed by atoms with Crippen molar-refractivity contribution in [2.24, 2.45) is 0 Å². The lowest BCUT2D eigenvalue weighted by Gasteiger charge is -2.40. The monoisotopic (exact) mass is 336 g/mol. The van der Waals surface area contributed by atoms with Crippen molar-refractivity contribution in [1.82, 2.24) is 15.0 Å². The summed E-state index contributed by atoms with van der Waals surface area (Å²) in [4.78, 5) is 26.3. The van der Waals surface area contributed by atoms with Crippen LogP contribution in [0, 0.1) is 0 Å². The molecule has 1 aliphatic rings. The molecule has 3 aromatic rings. The highest BCUT2D eigenvalue weighted by Crippen LogP contribution is 2.41. The Labute approximate surface area is 145 Å². The number of amides is 1. The summed E-state index contributed by atoms with van der Waals surface area (Å²) >= 11 is 0. The maximum absolute atomic E-state index is 12.4. The molecule has 2 aromatic heterocycles. The van der Waals surface area contributed by atoms with E-state index in [0.717, 1.165) is 33.7 Å². The molecule has 0 aliphatic carbocycles. The van der Waals surface area contributed by atoms with Crippen LogP contribution in [0.3, 0.4) is 0 Å². The molecule has 128 valence electrons. The minimum Gasteiger partial charge on any atom is -0.438 e. The predicted molar refractivity (Wildman–Crippen MR) is 96.4 cm³/mol. The summed E-state index contributed by atoms with van der Waals surface area (Å²) in [6.45, 7) is 7.76. The van der Waals surface area contributed by atoms with E-state index >= 15 is 0 Å². The van der Waals surface area contributed by atoms with Crippen molar-refractivity contribution in [2.75, 3.05) is 4.90 Å². The number of nitrogens with zero attached hydrogens (tertiary/aromatic N) is 3. The van der Waals surface area contributed by atoms with Crippen LogP contribution in [-0.2, 0) is 10.3 Å². The SMILES string of the molecule is CC(C)N1C(=O)OC(C)(C)c2cc3[nH]c(-c4cccnc4)nc3cc21. The summed E-state index contributed by atoms with van der Waals surface area (Å²) in [5.74, 6) is 0.756. The summed E-state index contributed by atoms with van der Waals surface area (Å²) in [6.07, 6.45) is 3.18. The van der Waals surface area contributed by atoms with E-state index < -0.39 is 5.60 Å². The largest absolute Gasteiger partial charge is 0.438 e. The van der Waals surface area contributed by atoms with Crippen LogP contribution in [-0.4, -0.2) is 27.1 Å². The zero-order chi connectivity index (χ0) is 17.8. The minimum absolute atomic E-state index is 0.00321. The summed E-state index contributed by atoms with van der Waals surface area (Å²) in [5, 5.41) is 0. The second-order valence-electron chi connectivity index (χ2n) is 7.06. The van der Waals surface area contributed by atoms with Gasteiger partial charge < -0.3 is 9.72 Å². The lowest BCUT2D eigenvalue weighted by Crippen LogP contribution is -2.46. The molecular formula is C19H20N4O2. The molecular weight excluding hydrogens is 316 g/mol. The lowest BCUT2D eigenvalue weighted by atomic mass is 9.93. The predicted octanol–water partition coefficient (Wildman–Crippen LogP) is 4.23. The third-order valence-electron chi connectivity index (χ3n) is 4.50. The number of benzene rings is 1. The van der Waals surface area contributed by atoms with E-state index in [4.69, 9.17) is 4.74 Å². The van der Waals surface area contributed by atoms with Crippen molar-refractivity contribution in [3.05, 3.63) is 42.2 Å². The number of hydrogen-bond acceptors (Lipinski definition) is 4. The fourth-order valence-electron chi connectivity index (χ4n) is 3.28. The number of cyclic esters (lactones) is 1. The van der Waals surface area contributed by atoms with Crippen LogP contribution in [0.25, 0.3) is 22.4 Å². The van der Waals surface area contributed by atoms with Crippen molar-refractivity contribution in [3.63, 3.8) is 0 Å². The number of carbonyl (C=O) groups excluding carboxylic acids is 1. The standard InChI is InChI=1S/C19H20N4O2/c1-11(2)23-16-9-15-14(8-13(16)19(3,4)25-18(23)24)21-17(22-15)12-6-5-7-20-10-12/h5-11H,1-4H3,(H,21,22). The molecule has 6 nitrogen and oxygen atoms in total. The fourth-order valence-corrected chi connectivity index (χ4v) is 3.28. The van der Waals surface area contributed by atoms with Crippen molar-refractivity contribution in [2.45, 2.75) is 39.3 Å². The van der Waals surface area contributed by atoms with Gasteiger partial charge >= 0.3 is 6.09 Å². The minimum atomic E-state index is -0.689. The zero-order valence-electron chi connectivity index (χ0n) is 14.7. The number of ether oxygens (including phenoxy) is 1. The number of H-pyrrole nitrogens is 1. The normalized spacial score (nSPS) is 16.2. The molecule has 0 atom stereocenters. The Morgan fingerprint density at radius 2 is 2.08 bits per heavy atom. The van der Waals surface area contributed by atoms with Gasteiger partial charge in [0.25, 0.3) is 0 Å². The maximum atomic E-state index is 12.4. The first-order valence-corrected chi connectivity index (χ1v) is 8.33. The van der Waals surface area contributed by atoms with Gasteiger partial charge in [-0.25, -0.2) is 9.78 Å². The molecule has 0 unspecified atom stereocenters.